The molecule has 0 saturated carbocycles. The fraction of sp³-hybridized carbons (Fsp3) is 0.471. The lowest BCUT2D eigenvalue weighted by Crippen LogP contribution is -2.25. The lowest BCUT2D eigenvalue weighted by molar-refractivity contribution is 0.0689. The molecule has 0 aromatic carbocycles. The molecular weight excluding hydrogens is 354 g/mol. The van der Waals surface area contributed by atoms with Crippen molar-refractivity contribution in [2.24, 2.45) is 5.92 Å². The van der Waals surface area contributed by atoms with E-state index in [1.165, 1.54) is 18.3 Å². The molecule has 2 N–H and O–H groups in total. The van der Waals surface area contributed by atoms with E-state index in [0.717, 1.165) is 30.4 Å². The van der Waals surface area contributed by atoms with Crippen molar-refractivity contribution in [2.75, 3.05) is 12.8 Å². The van der Waals surface area contributed by atoms with Gasteiger partial charge in [0.1, 0.15) is 11.5 Å². The van der Waals surface area contributed by atoms with Gasteiger partial charge < -0.3 is 15.0 Å². The maximum Gasteiger partial charge on any atom is 0.354 e. The summed E-state index contributed by atoms with van der Waals surface area (Å²) >= 11 is 1.57. The number of nitrogens with zero attached hydrogens (tertiary/aromatic N) is 4. The Balaban J connectivity index is 1.85. The highest BCUT2D eigenvalue weighted by Crippen LogP contribution is 2.16. The van der Waals surface area contributed by atoms with Crippen molar-refractivity contribution >= 4 is 23.6 Å². The number of carboxylic acids is 1. The molecule has 0 aliphatic heterocycles. The minimum atomic E-state index is -1.12. The standard InChI is InChI=1S/C17H23N5O3S/c1-11(2)10-22-14(20-21-17(22)26-3)5-4-8-18-15(23)12-6-7-13(16(24)25)19-9-12/h6-7,9,11H,4-5,8,10H2,1-3H3,(H,18,23)(H,24,25). The van der Waals surface area contributed by atoms with E-state index in [1.807, 2.05) is 6.26 Å². The number of aromatic carboxylic acids is 1. The van der Waals surface area contributed by atoms with E-state index in [4.69, 9.17) is 5.11 Å². The van der Waals surface area contributed by atoms with Gasteiger partial charge in [0.15, 0.2) is 5.16 Å². The van der Waals surface area contributed by atoms with Crippen molar-refractivity contribution in [3.05, 3.63) is 35.4 Å². The summed E-state index contributed by atoms with van der Waals surface area (Å²) in [5.74, 6) is 0.0244. The largest absolute Gasteiger partial charge is 0.477 e. The highest BCUT2D eigenvalue weighted by atomic mass is 32.2. The fourth-order valence-corrected chi connectivity index (χ4v) is 2.93. The summed E-state index contributed by atoms with van der Waals surface area (Å²) in [7, 11) is 0. The smallest absolute Gasteiger partial charge is 0.354 e. The zero-order valence-electron chi connectivity index (χ0n) is 15.1. The van der Waals surface area contributed by atoms with Gasteiger partial charge in [0.25, 0.3) is 5.91 Å². The number of carbonyl (C=O) groups excluding carboxylic acids is 1. The minimum Gasteiger partial charge on any atom is -0.477 e. The van der Waals surface area contributed by atoms with Gasteiger partial charge in [0, 0.05) is 25.7 Å². The lowest BCUT2D eigenvalue weighted by Gasteiger charge is -2.11. The van der Waals surface area contributed by atoms with Crippen LogP contribution in [0.15, 0.2) is 23.5 Å². The third-order valence-electron chi connectivity index (χ3n) is 3.63. The third kappa shape index (κ3) is 5.29. The third-order valence-corrected chi connectivity index (χ3v) is 4.30. The van der Waals surface area contributed by atoms with Crippen molar-refractivity contribution in [1.82, 2.24) is 25.1 Å². The number of aromatic nitrogens is 4. The summed E-state index contributed by atoms with van der Waals surface area (Å²) in [6.45, 7) is 5.66. The molecule has 1 amide bonds. The van der Waals surface area contributed by atoms with Crippen LogP contribution in [-0.4, -0.2) is 49.5 Å². The maximum atomic E-state index is 12.1. The normalized spacial score (nSPS) is 10.9. The predicted molar refractivity (Wildman–Crippen MR) is 98.5 cm³/mol. The highest BCUT2D eigenvalue weighted by molar-refractivity contribution is 7.98. The molecule has 0 atom stereocenters. The van der Waals surface area contributed by atoms with Gasteiger partial charge in [0.2, 0.25) is 0 Å². The first-order valence-corrected chi connectivity index (χ1v) is 9.58. The number of amides is 1. The second-order valence-corrected chi connectivity index (χ2v) is 6.98. The number of pyridine rings is 1. The average Bonchev–Trinajstić information content (AvgIpc) is 2.99. The van der Waals surface area contributed by atoms with Crippen molar-refractivity contribution < 1.29 is 14.7 Å². The molecule has 140 valence electrons. The van der Waals surface area contributed by atoms with Crippen molar-refractivity contribution in [3.8, 4) is 0 Å². The number of rotatable bonds is 9. The molecular formula is C17H23N5O3S. The van der Waals surface area contributed by atoms with Crippen LogP contribution in [0.5, 0.6) is 0 Å². The van der Waals surface area contributed by atoms with E-state index in [-0.39, 0.29) is 11.6 Å². The first-order valence-electron chi connectivity index (χ1n) is 8.36. The number of carboxylic acid groups (broad SMARTS) is 1. The molecule has 0 spiro atoms. The molecule has 0 unspecified atom stereocenters. The van der Waals surface area contributed by atoms with E-state index < -0.39 is 5.97 Å². The summed E-state index contributed by atoms with van der Waals surface area (Å²) < 4.78 is 2.13. The number of hydrogen-bond donors (Lipinski definition) is 2. The molecule has 2 aromatic rings. The SMILES string of the molecule is CSc1nnc(CCCNC(=O)c2ccc(C(=O)O)nc2)n1CC(C)C. The Hall–Kier alpha value is -2.42. The summed E-state index contributed by atoms with van der Waals surface area (Å²) in [6, 6.07) is 2.77. The molecule has 2 rings (SSSR count). The summed E-state index contributed by atoms with van der Waals surface area (Å²) in [4.78, 5) is 26.6. The van der Waals surface area contributed by atoms with Gasteiger partial charge in [-0.25, -0.2) is 9.78 Å². The molecule has 0 aliphatic rings. The number of hydrogen-bond acceptors (Lipinski definition) is 6. The molecule has 0 aliphatic carbocycles. The Kier molecular flexibility index (Phi) is 7.14. The lowest BCUT2D eigenvalue weighted by atomic mass is 10.2. The van der Waals surface area contributed by atoms with Crippen molar-refractivity contribution in [2.45, 2.75) is 38.4 Å². The molecule has 8 nitrogen and oxygen atoms in total. The van der Waals surface area contributed by atoms with E-state index >= 15 is 0 Å². The average molecular weight is 377 g/mol. The van der Waals surface area contributed by atoms with Gasteiger partial charge in [-0.3, -0.25) is 4.79 Å². The topological polar surface area (TPSA) is 110 Å². The van der Waals surface area contributed by atoms with Gasteiger partial charge >= 0.3 is 5.97 Å². The molecule has 26 heavy (non-hydrogen) atoms. The van der Waals surface area contributed by atoms with E-state index in [9.17, 15) is 9.59 Å². The predicted octanol–water partition coefficient (Wildman–Crippen LogP) is 2.11. The zero-order valence-corrected chi connectivity index (χ0v) is 15.9. The van der Waals surface area contributed by atoms with Crippen LogP contribution in [0.3, 0.4) is 0 Å². The maximum absolute atomic E-state index is 12.1. The van der Waals surface area contributed by atoms with Crippen LogP contribution < -0.4 is 5.32 Å². The fourth-order valence-electron chi connectivity index (χ4n) is 2.41. The molecule has 0 fully saturated rings. The van der Waals surface area contributed by atoms with Crippen molar-refractivity contribution in [3.63, 3.8) is 0 Å². The van der Waals surface area contributed by atoms with E-state index in [2.05, 4.69) is 38.9 Å². The minimum absolute atomic E-state index is 0.0874. The molecule has 2 aromatic heterocycles. The van der Waals surface area contributed by atoms with E-state index in [1.54, 1.807) is 11.8 Å². The molecule has 0 bridgehead atoms. The van der Waals surface area contributed by atoms with Crippen LogP contribution in [-0.2, 0) is 13.0 Å². The quantitative estimate of drug-likeness (QED) is 0.509. The van der Waals surface area contributed by atoms with Crippen LogP contribution in [0.1, 0.15) is 46.9 Å². The zero-order chi connectivity index (χ0) is 19.1. The Morgan fingerprint density at radius 1 is 1.31 bits per heavy atom. The number of thioether (sulfide) groups is 1. The molecule has 0 saturated heterocycles. The molecule has 2 heterocycles. The number of aryl methyl sites for hydroxylation is 1. The van der Waals surface area contributed by atoms with Gasteiger partial charge in [-0.2, -0.15) is 0 Å². The van der Waals surface area contributed by atoms with Gasteiger partial charge in [-0.05, 0) is 30.7 Å². The molecule has 9 heteroatoms. The highest BCUT2D eigenvalue weighted by Gasteiger charge is 2.13. The Morgan fingerprint density at radius 3 is 2.65 bits per heavy atom. The first kappa shape index (κ1) is 19.9. The Labute approximate surface area is 156 Å². The monoisotopic (exact) mass is 377 g/mol. The first-order chi connectivity index (χ1) is 12.4. The number of nitrogens with one attached hydrogen (secondary N) is 1. The second-order valence-electron chi connectivity index (χ2n) is 6.20. The molecule has 0 radical (unpaired) electrons. The summed E-state index contributed by atoms with van der Waals surface area (Å²) in [6.07, 6.45) is 4.70. The van der Waals surface area contributed by atoms with Gasteiger partial charge in [0.05, 0.1) is 5.56 Å². The van der Waals surface area contributed by atoms with Gasteiger partial charge in [-0.15, -0.1) is 10.2 Å². The number of carbonyl (C=O) groups is 2. The van der Waals surface area contributed by atoms with Crippen LogP contribution >= 0.6 is 11.8 Å². The Morgan fingerprint density at radius 2 is 2.08 bits per heavy atom. The van der Waals surface area contributed by atoms with Crippen molar-refractivity contribution in [1.29, 1.82) is 0 Å². The van der Waals surface area contributed by atoms with Crippen LogP contribution in [0.2, 0.25) is 0 Å². The van der Waals surface area contributed by atoms with Crippen LogP contribution in [0, 0.1) is 5.92 Å². The van der Waals surface area contributed by atoms with Crippen LogP contribution in [0.4, 0.5) is 0 Å². The van der Waals surface area contributed by atoms with Crippen LogP contribution in [0.25, 0.3) is 0 Å². The van der Waals surface area contributed by atoms with E-state index in [0.29, 0.717) is 18.0 Å². The second kappa shape index (κ2) is 9.33. The summed E-state index contributed by atoms with van der Waals surface area (Å²) in [5, 5.41) is 21.0. The van der Waals surface area contributed by atoms with Gasteiger partial charge in [-0.1, -0.05) is 25.6 Å². The Bertz CT molecular complexity index is 758. The summed E-state index contributed by atoms with van der Waals surface area (Å²) in [5.41, 5.74) is 0.248.